The van der Waals surface area contributed by atoms with E-state index in [0.717, 1.165) is 0 Å². The van der Waals surface area contributed by atoms with Gasteiger partial charge in [0.2, 0.25) is 5.91 Å². The van der Waals surface area contributed by atoms with Gasteiger partial charge in [0.25, 0.3) is 0 Å². The van der Waals surface area contributed by atoms with Crippen LogP contribution < -0.4 is 10.1 Å². The molecule has 0 radical (unpaired) electrons. The van der Waals surface area contributed by atoms with Crippen molar-refractivity contribution in [2.24, 2.45) is 0 Å². The van der Waals surface area contributed by atoms with Gasteiger partial charge in [-0.2, -0.15) is 0 Å². The van der Waals surface area contributed by atoms with Crippen LogP contribution in [0.5, 0.6) is 11.5 Å². The highest BCUT2D eigenvalue weighted by atomic mass is 35.5. The Labute approximate surface area is 127 Å². The second-order valence-electron chi connectivity index (χ2n) is 4.04. The van der Waals surface area contributed by atoms with Crippen LogP contribution >= 0.6 is 23.2 Å². The third-order valence-electron chi connectivity index (χ3n) is 2.51. The van der Waals surface area contributed by atoms with E-state index in [2.05, 4.69) is 5.32 Å². The zero-order chi connectivity index (χ0) is 14.4. The normalized spacial score (nSPS) is 10.1. The number of ether oxygens (including phenoxy) is 1. The van der Waals surface area contributed by atoms with Crippen LogP contribution in [-0.4, -0.2) is 11.8 Å². The maximum absolute atomic E-state index is 11.6. The molecule has 0 fully saturated rings. The van der Waals surface area contributed by atoms with Crippen molar-refractivity contribution in [3.8, 4) is 11.5 Å². The minimum Gasteiger partial charge on any atom is -0.455 e. The van der Waals surface area contributed by atoms with Crippen LogP contribution in [0.2, 0.25) is 5.02 Å². The Morgan fingerprint density at radius 2 is 1.90 bits per heavy atom. The molecule has 0 unspecified atom stereocenters. The summed E-state index contributed by atoms with van der Waals surface area (Å²) in [4.78, 5) is 11.6. The minimum atomic E-state index is -0.180. The molecule has 0 aliphatic heterocycles. The summed E-state index contributed by atoms with van der Waals surface area (Å²) in [5, 5.41) is 3.26. The molecule has 1 amide bonds. The number of nitrogens with one attached hydrogen (secondary N) is 1. The lowest BCUT2D eigenvalue weighted by Crippen LogP contribution is -2.12. The molecule has 2 aromatic carbocycles. The highest BCUT2D eigenvalue weighted by Crippen LogP contribution is 2.32. The van der Waals surface area contributed by atoms with Crippen molar-refractivity contribution in [1.82, 2.24) is 0 Å². The van der Waals surface area contributed by atoms with Crippen molar-refractivity contribution >= 4 is 34.8 Å². The van der Waals surface area contributed by atoms with E-state index in [-0.39, 0.29) is 18.2 Å². The molecule has 0 saturated heterocycles. The van der Waals surface area contributed by atoms with Crippen LogP contribution in [0.15, 0.2) is 48.5 Å². The van der Waals surface area contributed by atoms with Crippen molar-refractivity contribution < 1.29 is 9.53 Å². The number of hydrogen-bond acceptors (Lipinski definition) is 2. The molecular formula is C15H13Cl2NO2. The van der Waals surface area contributed by atoms with Crippen LogP contribution in [0.3, 0.4) is 0 Å². The maximum Gasteiger partial charge on any atom is 0.225 e. The molecule has 0 spiro atoms. The fraction of sp³-hybridized carbons (Fsp3) is 0.133. The fourth-order valence-corrected chi connectivity index (χ4v) is 1.95. The average Bonchev–Trinajstić information content (AvgIpc) is 2.43. The summed E-state index contributed by atoms with van der Waals surface area (Å²) in [6.45, 7) is 0. The molecule has 3 nitrogen and oxygen atoms in total. The highest BCUT2D eigenvalue weighted by Gasteiger charge is 2.09. The smallest absolute Gasteiger partial charge is 0.225 e. The second kappa shape index (κ2) is 7.17. The van der Waals surface area contributed by atoms with Crippen LogP contribution in [0.1, 0.15) is 6.42 Å². The fourth-order valence-electron chi connectivity index (χ4n) is 1.60. The largest absolute Gasteiger partial charge is 0.455 e. The number of rotatable bonds is 5. The van der Waals surface area contributed by atoms with E-state index in [0.29, 0.717) is 22.2 Å². The molecule has 0 aromatic heterocycles. The van der Waals surface area contributed by atoms with Gasteiger partial charge in [-0.3, -0.25) is 4.79 Å². The van der Waals surface area contributed by atoms with Crippen molar-refractivity contribution in [3.63, 3.8) is 0 Å². The van der Waals surface area contributed by atoms with E-state index in [1.165, 1.54) is 0 Å². The Morgan fingerprint density at radius 3 is 2.60 bits per heavy atom. The van der Waals surface area contributed by atoms with Crippen molar-refractivity contribution in [1.29, 1.82) is 0 Å². The first-order valence-corrected chi connectivity index (χ1v) is 6.98. The molecule has 20 heavy (non-hydrogen) atoms. The molecule has 104 valence electrons. The Hall–Kier alpha value is -1.71. The topological polar surface area (TPSA) is 38.3 Å². The van der Waals surface area contributed by atoms with Gasteiger partial charge in [0.15, 0.2) is 5.75 Å². The van der Waals surface area contributed by atoms with Gasteiger partial charge < -0.3 is 10.1 Å². The van der Waals surface area contributed by atoms with Gasteiger partial charge in [-0.1, -0.05) is 29.8 Å². The van der Waals surface area contributed by atoms with Crippen LogP contribution in [0, 0.1) is 0 Å². The highest BCUT2D eigenvalue weighted by molar-refractivity contribution is 6.31. The SMILES string of the molecule is O=C(CCCl)Nc1cc(Cl)ccc1Oc1ccccc1. The predicted molar refractivity (Wildman–Crippen MR) is 81.9 cm³/mol. The Balaban J connectivity index is 2.21. The van der Waals surface area contributed by atoms with Crippen LogP contribution in [0.4, 0.5) is 5.69 Å². The predicted octanol–water partition coefficient (Wildman–Crippen LogP) is 4.70. The number of halogens is 2. The van der Waals surface area contributed by atoms with Gasteiger partial charge in [0.1, 0.15) is 5.75 Å². The van der Waals surface area contributed by atoms with E-state index in [1.54, 1.807) is 18.2 Å². The van der Waals surface area contributed by atoms with Gasteiger partial charge in [-0.15, -0.1) is 11.6 Å². The molecule has 5 heteroatoms. The summed E-state index contributed by atoms with van der Waals surface area (Å²) in [5.74, 6) is 1.30. The summed E-state index contributed by atoms with van der Waals surface area (Å²) >= 11 is 11.5. The van der Waals surface area contributed by atoms with Crippen LogP contribution in [0.25, 0.3) is 0 Å². The van der Waals surface area contributed by atoms with E-state index in [4.69, 9.17) is 27.9 Å². The number of carbonyl (C=O) groups excluding carboxylic acids is 1. The molecule has 0 heterocycles. The van der Waals surface area contributed by atoms with E-state index < -0.39 is 0 Å². The second-order valence-corrected chi connectivity index (χ2v) is 4.86. The Morgan fingerprint density at radius 1 is 1.15 bits per heavy atom. The molecule has 0 saturated carbocycles. The summed E-state index contributed by atoms with van der Waals surface area (Å²) in [7, 11) is 0. The van der Waals surface area contributed by atoms with Gasteiger partial charge in [0, 0.05) is 17.3 Å². The lowest BCUT2D eigenvalue weighted by molar-refractivity contribution is -0.115. The van der Waals surface area contributed by atoms with Gasteiger partial charge in [-0.25, -0.2) is 0 Å². The number of para-hydroxylation sites is 1. The van der Waals surface area contributed by atoms with Gasteiger partial charge >= 0.3 is 0 Å². The maximum atomic E-state index is 11.6. The first kappa shape index (κ1) is 14.7. The Bertz CT molecular complexity index is 588. The molecule has 2 aromatic rings. The number of benzene rings is 2. The van der Waals surface area contributed by atoms with E-state index in [1.807, 2.05) is 30.3 Å². The first-order valence-electron chi connectivity index (χ1n) is 6.07. The summed E-state index contributed by atoms with van der Waals surface area (Å²) in [5.41, 5.74) is 0.525. The third-order valence-corrected chi connectivity index (χ3v) is 2.93. The zero-order valence-corrected chi connectivity index (χ0v) is 12.1. The number of alkyl halides is 1. The number of anilines is 1. The van der Waals surface area contributed by atoms with Gasteiger partial charge in [0.05, 0.1) is 5.69 Å². The van der Waals surface area contributed by atoms with Gasteiger partial charge in [-0.05, 0) is 30.3 Å². The summed E-state index contributed by atoms with van der Waals surface area (Å²) in [6.07, 6.45) is 0.235. The quantitative estimate of drug-likeness (QED) is 0.813. The van der Waals surface area contributed by atoms with Crippen molar-refractivity contribution in [3.05, 3.63) is 53.6 Å². The third kappa shape index (κ3) is 4.15. The molecule has 0 atom stereocenters. The van der Waals surface area contributed by atoms with Crippen molar-refractivity contribution in [2.45, 2.75) is 6.42 Å². The van der Waals surface area contributed by atoms with E-state index >= 15 is 0 Å². The molecule has 1 N–H and O–H groups in total. The molecule has 2 rings (SSSR count). The average molecular weight is 310 g/mol. The summed E-state index contributed by atoms with van der Waals surface area (Å²) < 4.78 is 5.74. The molecule has 0 aliphatic rings. The molecular weight excluding hydrogens is 297 g/mol. The first-order chi connectivity index (χ1) is 9.69. The molecule has 0 aliphatic carbocycles. The Kier molecular flexibility index (Phi) is 5.27. The molecule has 0 bridgehead atoms. The summed E-state index contributed by atoms with van der Waals surface area (Å²) in [6, 6.07) is 14.4. The number of carbonyl (C=O) groups is 1. The lowest BCUT2D eigenvalue weighted by Gasteiger charge is -2.12. The minimum absolute atomic E-state index is 0.180. The van der Waals surface area contributed by atoms with E-state index in [9.17, 15) is 4.79 Å². The monoisotopic (exact) mass is 309 g/mol. The number of hydrogen-bond donors (Lipinski definition) is 1. The zero-order valence-electron chi connectivity index (χ0n) is 10.6. The standard InChI is InChI=1S/C15H13Cl2NO2/c16-9-8-15(19)18-13-10-11(17)6-7-14(13)20-12-4-2-1-3-5-12/h1-7,10H,8-9H2,(H,18,19). The van der Waals surface area contributed by atoms with Crippen LogP contribution in [-0.2, 0) is 4.79 Å². The number of amides is 1. The lowest BCUT2D eigenvalue weighted by atomic mass is 10.2. The van der Waals surface area contributed by atoms with Crippen molar-refractivity contribution in [2.75, 3.05) is 11.2 Å².